The lowest BCUT2D eigenvalue weighted by atomic mass is 10.00. The van der Waals surface area contributed by atoms with Crippen molar-refractivity contribution in [2.24, 2.45) is 10.9 Å². The standard InChI is InChI=1S/C21H28N4O2.HI/c1-3-22-21(25-11-9-16(2)10-12-25)23-15-17-6-4-7-18(14-17)24-20(26)19-8-5-13-27-19;/h4-8,13-14,16H,3,9-12,15H2,1-2H3,(H,22,23)(H,24,26);1H. The molecule has 0 unspecified atom stereocenters. The molecule has 0 bridgehead atoms. The smallest absolute Gasteiger partial charge is 0.291 e. The number of amides is 1. The Hall–Kier alpha value is -2.03. The van der Waals surface area contributed by atoms with Gasteiger partial charge in [0, 0.05) is 25.3 Å². The second-order valence-corrected chi connectivity index (χ2v) is 6.97. The third kappa shape index (κ3) is 6.25. The Labute approximate surface area is 183 Å². The van der Waals surface area contributed by atoms with Crippen LogP contribution in [0.15, 0.2) is 52.1 Å². The molecule has 3 rings (SSSR count). The molecule has 2 N–H and O–H groups in total. The van der Waals surface area contributed by atoms with E-state index < -0.39 is 0 Å². The number of likely N-dealkylation sites (tertiary alicyclic amines) is 1. The van der Waals surface area contributed by atoms with Crippen LogP contribution in [0.25, 0.3) is 0 Å². The van der Waals surface area contributed by atoms with Crippen LogP contribution in [-0.2, 0) is 6.54 Å². The van der Waals surface area contributed by atoms with E-state index in [0.29, 0.717) is 12.3 Å². The Bertz CT molecular complexity index is 768. The summed E-state index contributed by atoms with van der Waals surface area (Å²) in [6.45, 7) is 7.91. The van der Waals surface area contributed by atoms with Crippen molar-refractivity contribution in [2.45, 2.75) is 33.2 Å². The van der Waals surface area contributed by atoms with Crippen molar-refractivity contribution in [1.82, 2.24) is 10.2 Å². The summed E-state index contributed by atoms with van der Waals surface area (Å²) in [6.07, 6.45) is 3.90. The van der Waals surface area contributed by atoms with Gasteiger partial charge in [0.05, 0.1) is 12.8 Å². The highest BCUT2D eigenvalue weighted by Gasteiger charge is 2.18. The average Bonchev–Trinajstić information content (AvgIpc) is 3.21. The number of aliphatic imine (C=N–C) groups is 1. The number of hydrogen-bond acceptors (Lipinski definition) is 3. The molecule has 0 aliphatic carbocycles. The van der Waals surface area contributed by atoms with Crippen LogP contribution in [0.3, 0.4) is 0 Å². The van der Waals surface area contributed by atoms with E-state index >= 15 is 0 Å². The molecule has 28 heavy (non-hydrogen) atoms. The van der Waals surface area contributed by atoms with Crippen molar-refractivity contribution in [3.05, 3.63) is 54.0 Å². The van der Waals surface area contributed by atoms with Gasteiger partial charge in [0.2, 0.25) is 0 Å². The van der Waals surface area contributed by atoms with E-state index in [1.54, 1.807) is 12.1 Å². The Kier molecular flexibility index (Phi) is 8.82. The number of nitrogens with zero attached hydrogens (tertiary/aromatic N) is 2. The van der Waals surface area contributed by atoms with Gasteiger partial charge in [0.1, 0.15) is 0 Å². The number of furan rings is 1. The van der Waals surface area contributed by atoms with Gasteiger partial charge in [-0.1, -0.05) is 19.1 Å². The lowest BCUT2D eigenvalue weighted by molar-refractivity contribution is 0.0996. The van der Waals surface area contributed by atoms with Crippen molar-refractivity contribution >= 4 is 41.5 Å². The van der Waals surface area contributed by atoms with Crippen molar-refractivity contribution in [3.8, 4) is 0 Å². The number of guanidine groups is 1. The molecule has 0 atom stereocenters. The summed E-state index contributed by atoms with van der Waals surface area (Å²) in [5.41, 5.74) is 1.79. The van der Waals surface area contributed by atoms with Gasteiger partial charge in [-0.05, 0) is 55.5 Å². The maximum absolute atomic E-state index is 12.1. The van der Waals surface area contributed by atoms with Gasteiger partial charge in [-0.15, -0.1) is 24.0 Å². The number of carbonyl (C=O) groups is 1. The molecule has 1 aliphatic rings. The molecule has 0 saturated carbocycles. The van der Waals surface area contributed by atoms with Crippen LogP contribution in [0.1, 0.15) is 42.8 Å². The first kappa shape index (κ1) is 22.3. The second kappa shape index (κ2) is 11.1. The molecule has 2 aromatic rings. The van der Waals surface area contributed by atoms with Crippen molar-refractivity contribution < 1.29 is 9.21 Å². The first-order valence-corrected chi connectivity index (χ1v) is 9.62. The topological polar surface area (TPSA) is 69.9 Å². The number of halogens is 1. The minimum Gasteiger partial charge on any atom is -0.459 e. The van der Waals surface area contributed by atoms with Gasteiger partial charge in [-0.25, -0.2) is 4.99 Å². The Morgan fingerprint density at radius 2 is 2.04 bits per heavy atom. The molecule has 0 radical (unpaired) electrons. The van der Waals surface area contributed by atoms with Gasteiger partial charge in [-0.3, -0.25) is 4.79 Å². The molecule has 1 fully saturated rings. The van der Waals surface area contributed by atoms with Gasteiger partial charge < -0.3 is 20.0 Å². The zero-order chi connectivity index (χ0) is 19.1. The fourth-order valence-electron chi connectivity index (χ4n) is 3.16. The Morgan fingerprint density at radius 1 is 1.25 bits per heavy atom. The van der Waals surface area contributed by atoms with Crippen molar-refractivity contribution in [3.63, 3.8) is 0 Å². The Morgan fingerprint density at radius 3 is 2.71 bits per heavy atom. The zero-order valence-electron chi connectivity index (χ0n) is 16.5. The van der Waals surface area contributed by atoms with Gasteiger partial charge in [-0.2, -0.15) is 0 Å². The number of nitrogens with one attached hydrogen (secondary N) is 2. The first-order chi connectivity index (χ1) is 13.2. The minimum absolute atomic E-state index is 0. The van der Waals surface area contributed by atoms with Crippen LogP contribution in [-0.4, -0.2) is 36.4 Å². The predicted molar refractivity (Wildman–Crippen MR) is 123 cm³/mol. The molecule has 1 amide bonds. The van der Waals surface area contributed by atoms with E-state index in [9.17, 15) is 4.79 Å². The summed E-state index contributed by atoms with van der Waals surface area (Å²) in [5, 5.41) is 6.26. The minimum atomic E-state index is -0.253. The zero-order valence-corrected chi connectivity index (χ0v) is 18.8. The van der Waals surface area contributed by atoms with Gasteiger partial charge in [0.15, 0.2) is 11.7 Å². The molecular weight excluding hydrogens is 467 g/mol. The van der Waals surface area contributed by atoms with Crippen LogP contribution in [0.5, 0.6) is 0 Å². The summed E-state index contributed by atoms with van der Waals surface area (Å²) in [5.74, 6) is 1.80. The fourth-order valence-corrected chi connectivity index (χ4v) is 3.16. The quantitative estimate of drug-likeness (QED) is 0.367. The lowest BCUT2D eigenvalue weighted by Gasteiger charge is -2.33. The number of hydrogen-bond donors (Lipinski definition) is 2. The first-order valence-electron chi connectivity index (χ1n) is 9.62. The molecule has 2 heterocycles. The third-order valence-electron chi connectivity index (χ3n) is 4.76. The molecule has 1 aliphatic heterocycles. The summed E-state index contributed by atoms with van der Waals surface area (Å²) < 4.78 is 5.13. The molecule has 1 saturated heterocycles. The van der Waals surface area contributed by atoms with Crippen molar-refractivity contribution in [1.29, 1.82) is 0 Å². The second-order valence-electron chi connectivity index (χ2n) is 6.97. The highest BCUT2D eigenvalue weighted by atomic mass is 127. The number of anilines is 1. The third-order valence-corrected chi connectivity index (χ3v) is 4.76. The van der Waals surface area contributed by atoms with E-state index in [1.165, 1.54) is 19.1 Å². The number of benzene rings is 1. The summed E-state index contributed by atoms with van der Waals surface area (Å²) in [6, 6.07) is 11.1. The fraction of sp³-hybridized carbons (Fsp3) is 0.429. The molecule has 0 spiro atoms. The SMILES string of the molecule is CCNC(=NCc1cccc(NC(=O)c2ccco2)c1)N1CCC(C)CC1.I. The van der Waals surface area contributed by atoms with E-state index in [2.05, 4.69) is 29.4 Å². The highest BCUT2D eigenvalue weighted by Crippen LogP contribution is 2.17. The maximum atomic E-state index is 12.1. The van der Waals surface area contributed by atoms with Crippen molar-refractivity contribution in [2.75, 3.05) is 25.0 Å². The van der Waals surface area contributed by atoms with Crippen LogP contribution in [0.4, 0.5) is 5.69 Å². The van der Waals surface area contributed by atoms with Crippen LogP contribution < -0.4 is 10.6 Å². The van der Waals surface area contributed by atoms with E-state index in [-0.39, 0.29) is 29.9 Å². The maximum Gasteiger partial charge on any atom is 0.291 e. The lowest BCUT2D eigenvalue weighted by Crippen LogP contribution is -2.45. The van der Waals surface area contributed by atoms with Gasteiger partial charge in [0.25, 0.3) is 5.91 Å². The van der Waals surface area contributed by atoms with Crippen LogP contribution in [0.2, 0.25) is 0 Å². The van der Waals surface area contributed by atoms with E-state index in [0.717, 1.165) is 42.8 Å². The summed E-state index contributed by atoms with van der Waals surface area (Å²) in [4.78, 5) is 19.3. The molecular formula is C21H29IN4O2. The van der Waals surface area contributed by atoms with Crippen LogP contribution >= 0.6 is 24.0 Å². The summed E-state index contributed by atoms with van der Waals surface area (Å²) in [7, 11) is 0. The number of piperidine rings is 1. The summed E-state index contributed by atoms with van der Waals surface area (Å²) >= 11 is 0. The molecule has 6 nitrogen and oxygen atoms in total. The number of carbonyl (C=O) groups excluding carboxylic acids is 1. The Balaban J connectivity index is 0.00000280. The molecule has 152 valence electrons. The van der Waals surface area contributed by atoms with Gasteiger partial charge >= 0.3 is 0 Å². The normalized spacial score (nSPS) is 15.1. The predicted octanol–water partition coefficient (Wildman–Crippen LogP) is 4.35. The highest BCUT2D eigenvalue weighted by molar-refractivity contribution is 14.0. The number of rotatable bonds is 5. The molecule has 1 aromatic carbocycles. The largest absolute Gasteiger partial charge is 0.459 e. The van der Waals surface area contributed by atoms with E-state index in [4.69, 9.17) is 9.41 Å². The van der Waals surface area contributed by atoms with Crippen LogP contribution in [0, 0.1) is 5.92 Å². The monoisotopic (exact) mass is 496 g/mol. The molecule has 1 aromatic heterocycles. The molecule has 7 heteroatoms. The average molecular weight is 496 g/mol. The van der Waals surface area contributed by atoms with E-state index in [1.807, 2.05) is 24.3 Å².